The summed E-state index contributed by atoms with van der Waals surface area (Å²) >= 11 is 0. The van der Waals surface area contributed by atoms with Gasteiger partial charge in [-0.25, -0.2) is 4.79 Å². The van der Waals surface area contributed by atoms with Crippen molar-refractivity contribution >= 4 is 5.97 Å². The van der Waals surface area contributed by atoms with E-state index in [0.717, 1.165) is 6.54 Å². The Morgan fingerprint density at radius 1 is 1.46 bits per heavy atom. The van der Waals surface area contributed by atoms with Crippen molar-refractivity contribution in [3.8, 4) is 0 Å². The predicted octanol–water partition coefficient (Wildman–Crippen LogP) is 1.61. The van der Waals surface area contributed by atoms with Crippen LogP contribution in [0, 0.1) is 5.41 Å². The molecular formula is C10H19NO2. The van der Waals surface area contributed by atoms with Gasteiger partial charge >= 0.3 is 5.97 Å². The van der Waals surface area contributed by atoms with Gasteiger partial charge in [0, 0.05) is 19.2 Å². The minimum Gasteiger partial charge on any atom is -0.478 e. The average Bonchev–Trinajstić information content (AvgIpc) is 1.81. The Labute approximate surface area is 80.0 Å². The molecule has 3 nitrogen and oxygen atoms in total. The number of carboxylic acid groups (broad SMARTS) is 1. The summed E-state index contributed by atoms with van der Waals surface area (Å²) in [4.78, 5) is 12.3. The maximum atomic E-state index is 10.2. The van der Waals surface area contributed by atoms with E-state index in [1.807, 2.05) is 7.05 Å². The van der Waals surface area contributed by atoms with E-state index in [2.05, 4.69) is 25.7 Å². The normalized spacial score (nSPS) is 12.7. The largest absolute Gasteiger partial charge is 0.478 e. The molecular weight excluding hydrogens is 166 g/mol. The van der Waals surface area contributed by atoms with Crippen LogP contribution in [0.5, 0.6) is 0 Å². The first-order valence-corrected chi connectivity index (χ1v) is 4.39. The molecule has 0 aromatic heterocycles. The highest BCUT2D eigenvalue weighted by molar-refractivity contribution is 5.79. The van der Waals surface area contributed by atoms with Gasteiger partial charge in [-0.3, -0.25) is 0 Å². The molecule has 0 radical (unpaired) electrons. The monoisotopic (exact) mass is 185 g/mol. The number of nitrogens with zero attached hydrogens (tertiary/aromatic N) is 1. The number of hydrogen-bond donors (Lipinski definition) is 1. The zero-order valence-corrected chi connectivity index (χ0v) is 8.87. The van der Waals surface area contributed by atoms with Crippen molar-refractivity contribution in [1.82, 2.24) is 4.90 Å². The Kier molecular flexibility index (Phi) is 4.70. The highest BCUT2D eigenvalue weighted by Crippen LogP contribution is 2.13. The molecule has 0 rings (SSSR count). The van der Waals surface area contributed by atoms with E-state index in [1.54, 1.807) is 6.08 Å². The van der Waals surface area contributed by atoms with Crippen LogP contribution in [0.1, 0.15) is 20.8 Å². The van der Waals surface area contributed by atoms with Crippen LogP contribution in [0.15, 0.2) is 12.2 Å². The van der Waals surface area contributed by atoms with E-state index in [4.69, 9.17) is 5.11 Å². The van der Waals surface area contributed by atoms with Crippen LogP contribution in [0.2, 0.25) is 0 Å². The predicted molar refractivity (Wildman–Crippen MR) is 53.7 cm³/mol. The highest BCUT2D eigenvalue weighted by Gasteiger charge is 2.12. The minimum atomic E-state index is -0.885. The lowest BCUT2D eigenvalue weighted by Gasteiger charge is -2.25. The lowest BCUT2D eigenvalue weighted by atomic mass is 9.96. The molecule has 0 aliphatic rings. The van der Waals surface area contributed by atoms with Gasteiger partial charge in [-0.15, -0.1) is 0 Å². The Bertz CT molecular complexity index is 192. The molecule has 0 aromatic rings. The van der Waals surface area contributed by atoms with E-state index in [-0.39, 0.29) is 5.41 Å². The van der Waals surface area contributed by atoms with Gasteiger partial charge in [-0.1, -0.05) is 26.8 Å². The van der Waals surface area contributed by atoms with Crippen molar-refractivity contribution < 1.29 is 9.90 Å². The van der Waals surface area contributed by atoms with Crippen LogP contribution in [-0.4, -0.2) is 36.1 Å². The molecule has 3 heteroatoms. The summed E-state index contributed by atoms with van der Waals surface area (Å²) in [7, 11) is 1.98. The maximum absolute atomic E-state index is 10.2. The van der Waals surface area contributed by atoms with Gasteiger partial charge in [0.15, 0.2) is 0 Å². The summed E-state index contributed by atoms with van der Waals surface area (Å²) in [5, 5.41) is 8.35. The Hall–Kier alpha value is -0.830. The van der Waals surface area contributed by atoms with Gasteiger partial charge in [0.25, 0.3) is 0 Å². The molecule has 0 fully saturated rings. The summed E-state index contributed by atoms with van der Waals surface area (Å²) in [5.74, 6) is -0.885. The highest BCUT2D eigenvalue weighted by atomic mass is 16.4. The third-order valence-corrected chi connectivity index (χ3v) is 1.42. The molecule has 0 aliphatic carbocycles. The average molecular weight is 185 g/mol. The van der Waals surface area contributed by atoms with E-state index >= 15 is 0 Å². The molecule has 0 saturated heterocycles. The number of aliphatic carboxylic acids is 1. The van der Waals surface area contributed by atoms with Crippen LogP contribution in [-0.2, 0) is 4.79 Å². The van der Waals surface area contributed by atoms with Crippen LogP contribution in [0.25, 0.3) is 0 Å². The van der Waals surface area contributed by atoms with E-state index < -0.39 is 5.97 Å². The summed E-state index contributed by atoms with van der Waals surface area (Å²) in [6, 6.07) is 0. The van der Waals surface area contributed by atoms with Crippen LogP contribution < -0.4 is 0 Å². The van der Waals surface area contributed by atoms with Gasteiger partial charge in [0.1, 0.15) is 0 Å². The second kappa shape index (κ2) is 5.02. The molecule has 0 unspecified atom stereocenters. The standard InChI is InChI=1S/C10H19NO2/c1-10(2,3)8-11(4)7-5-6-9(12)13/h5-6H,7-8H2,1-4H3,(H,12,13)/b6-5+. The molecule has 0 amide bonds. The van der Waals surface area contributed by atoms with Crippen LogP contribution >= 0.6 is 0 Å². The maximum Gasteiger partial charge on any atom is 0.328 e. The van der Waals surface area contributed by atoms with Crippen LogP contribution in [0.3, 0.4) is 0 Å². The molecule has 0 aliphatic heterocycles. The molecule has 1 N–H and O–H groups in total. The van der Waals surface area contributed by atoms with Gasteiger partial charge in [0.2, 0.25) is 0 Å². The zero-order chi connectivity index (χ0) is 10.5. The van der Waals surface area contributed by atoms with Gasteiger partial charge < -0.3 is 10.0 Å². The van der Waals surface area contributed by atoms with Crippen molar-refractivity contribution in [1.29, 1.82) is 0 Å². The molecule has 0 bridgehead atoms. The fraction of sp³-hybridized carbons (Fsp3) is 0.700. The number of carboxylic acids is 1. The van der Waals surface area contributed by atoms with E-state index in [1.165, 1.54) is 6.08 Å². The first-order chi connectivity index (χ1) is 5.81. The number of hydrogen-bond acceptors (Lipinski definition) is 2. The Morgan fingerprint density at radius 2 is 2.00 bits per heavy atom. The first-order valence-electron chi connectivity index (χ1n) is 4.39. The molecule has 0 atom stereocenters. The van der Waals surface area contributed by atoms with Gasteiger partial charge in [-0.05, 0) is 12.5 Å². The topological polar surface area (TPSA) is 40.5 Å². The molecule has 0 heterocycles. The fourth-order valence-electron chi connectivity index (χ4n) is 1.21. The van der Waals surface area contributed by atoms with Crippen molar-refractivity contribution in [2.45, 2.75) is 20.8 Å². The van der Waals surface area contributed by atoms with Crippen molar-refractivity contribution in [3.05, 3.63) is 12.2 Å². The summed E-state index contributed by atoms with van der Waals surface area (Å²) < 4.78 is 0. The second-order valence-electron chi connectivity index (χ2n) is 4.50. The summed E-state index contributed by atoms with van der Waals surface area (Å²) in [6.45, 7) is 8.11. The number of carbonyl (C=O) groups is 1. The first kappa shape index (κ1) is 12.2. The molecule has 76 valence electrons. The van der Waals surface area contributed by atoms with Gasteiger partial charge in [0.05, 0.1) is 0 Å². The number of likely N-dealkylation sites (N-methyl/N-ethyl adjacent to an activating group) is 1. The summed E-state index contributed by atoms with van der Waals surface area (Å²) in [5.41, 5.74) is 0.256. The van der Waals surface area contributed by atoms with Crippen molar-refractivity contribution in [2.24, 2.45) is 5.41 Å². The Balaban J connectivity index is 3.76. The third-order valence-electron chi connectivity index (χ3n) is 1.42. The molecule has 0 spiro atoms. The summed E-state index contributed by atoms with van der Waals surface area (Å²) in [6.07, 6.45) is 2.84. The Morgan fingerprint density at radius 3 is 2.38 bits per heavy atom. The van der Waals surface area contributed by atoms with Crippen molar-refractivity contribution in [3.63, 3.8) is 0 Å². The second-order valence-corrected chi connectivity index (χ2v) is 4.50. The molecule has 0 aromatic carbocycles. The molecule has 0 saturated carbocycles. The fourth-order valence-corrected chi connectivity index (χ4v) is 1.21. The smallest absolute Gasteiger partial charge is 0.328 e. The SMILES string of the molecule is CN(C/C=C/C(=O)O)CC(C)(C)C. The van der Waals surface area contributed by atoms with Crippen molar-refractivity contribution in [2.75, 3.05) is 20.1 Å². The lowest BCUT2D eigenvalue weighted by Crippen LogP contribution is -2.29. The minimum absolute atomic E-state index is 0.256. The zero-order valence-electron chi connectivity index (χ0n) is 8.87. The van der Waals surface area contributed by atoms with Gasteiger partial charge in [-0.2, -0.15) is 0 Å². The third kappa shape index (κ3) is 9.08. The molecule has 13 heavy (non-hydrogen) atoms. The number of rotatable bonds is 4. The van der Waals surface area contributed by atoms with E-state index in [0.29, 0.717) is 6.54 Å². The van der Waals surface area contributed by atoms with E-state index in [9.17, 15) is 4.79 Å². The lowest BCUT2D eigenvalue weighted by molar-refractivity contribution is -0.131. The van der Waals surface area contributed by atoms with Crippen LogP contribution in [0.4, 0.5) is 0 Å². The quantitative estimate of drug-likeness (QED) is 0.676.